The molecule has 0 saturated carbocycles. The third kappa shape index (κ3) is 3.08. The fourth-order valence-corrected chi connectivity index (χ4v) is 1.91. The van der Waals surface area contributed by atoms with Gasteiger partial charge in [0.2, 0.25) is 5.82 Å². The number of aromatic nitrogens is 4. The molecular weight excluding hydrogens is 260 g/mol. The molecule has 0 aromatic carbocycles. The van der Waals surface area contributed by atoms with Crippen LogP contribution in [-0.2, 0) is 13.5 Å². The van der Waals surface area contributed by atoms with Crippen LogP contribution in [0.5, 0.6) is 0 Å². The van der Waals surface area contributed by atoms with Crippen molar-refractivity contribution in [2.75, 3.05) is 11.9 Å². The summed E-state index contributed by atoms with van der Waals surface area (Å²) in [4.78, 5) is 18.7. The molecule has 0 unspecified atom stereocenters. The average Bonchev–Trinajstić information content (AvgIpc) is 2.80. The van der Waals surface area contributed by atoms with Gasteiger partial charge in [-0.05, 0) is 19.4 Å². The summed E-state index contributed by atoms with van der Waals surface area (Å²) in [6.45, 7) is 2.29. The maximum Gasteiger partial charge on any atom is 0.314 e. The SMILES string of the molecule is Cc1ccnc(NCCCc2ncnn2C)c1[N+](=O)[O-]. The van der Waals surface area contributed by atoms with E-state index in [1.54, 1.807) is 23.9 Å². The Morgan fingerprint density at radius 2 is 2.25 bits per heavy atom. The van der Waals surface area contributed by atoms with E-state index >= 15 is 0 Å². The van der Waals surface area contributed by atoms with Gasteiger partial charge < -0.3 is 5.32 Å². The number of aryl methyl sites for hydroxylation is 3. The predicted molar refractivity (Wildman–Crippen MR) is 73.4 cm³/mol. The van der Waals surface area contributed by atoms with Crippen LogP contribution in [0, 0.1) is 17.0 Å². The predicted octanol–water partition coefficient (Wildman–Crippen LogP) is 1.47. The number of nitro groups is 1. The minimum atomic E-state index is -0.409. The van der Waals surface area contributed by atoms with Crippen LogP contribution in [0.25, 0.3) is 0 Å². The molecule has 0 radical (unpaired) electrons. The van der Waals surface area contributed by atoms with E-state index in [-0.39, 0.29) is 5.69 Å². The lowest BCUT2D eigenvalue weighted by Gasteiger charge is -2.07. The molecule has 0 aliphatic carbocycles. The number of anilines is 1. The van der Waals surface area contributed by atoms with Crippen LogP contribution in [0.1, 0.15) is 17.8 Å². The molecule has 1 N–H and O–H groups in total. The smallest absolute Gasteiger partial charge is 0.314 e. The van der Waals surface area contributed by atoms with Crippen LogP contribution in [0.2, 0.25) is 0 Å². The van der Waals surface area contributed by atoms with E-state index in [1.807, 2.05) is 7.05 Å². The number of rotatable bonds is 6. The normalized spacial score (nSPS) is 10.5. The Bertz CT molecular complexity index is 610. The van der Waals surface area contributed by atoms with E-state index in [9.17, 15) is 10.1 Å². The Morgan fingerprint density at radius 3 is 2.90 bits per heavy atom. The molecule has 8 heteroatoms. The molecule has 0 amide bonds. The summed E-state index contributed by atoms with van der Waals surface area (Å²) in [5, 5.41) is 18.0. The molecule has 0 bridgehead atoms. The van der Waals surface area contributed by atoms with Crippen molar-refractivity contribution in [3.63, 3.8) is 0 Å². The van der Waals surface area contributed by atoms with Crippen LogP contribution in [0.15, 0.2) is 18.6 Å². The highest BCUT2D eigenvalue weighted by atomic mass is 16.6. The Hall–Kier alpha value is -2.51. The van der Waals surface area contributed by atoms with Crippen LogP contribution >= 0.6 is 0 Å². The molecule has 106 valence electrons. The summed E-state index contributed by atoms with van der Waals surface area (Å²) in [6.07, 6.45) is 4.62. The van der Waals surface area contributed by atoms with Crippen molar-refractivity contribution in [2.45, 2.75) is 19.8 Å². The Labute approximate surface area is 116 Å². The van der Waals surface area contributed by atoms with Crippen molar-refractivity contribution < 1.29 is 4.92 Å². The number of nitrogens with zero attached hydrogens (tertiary/aromatic N) is 5. The van der Waals surface area contributed by atoms with Gasteiger partial charge in [0, 0.05) is 31.8 Å². The van der Waals surface area contributed by atoms with Gasteiger partial charge in [0.1, 0.15) is 12.2 Å². The van der Waals surface area contributed by atoms with Crippen molar-refractivity contribution in [3.8, 4) is 0 Å². The highest BCUT2D eigenvalue weighted by Gasteiger charge is 2.17. The van der Waals surface area contributed by atoms with Gasteiger partial charge in [-0.2, -0.15) is 5.10 Å². The summed E-state index contributed by atoms with van der Waals surface area (Å²) in [5.74, 6) is 1.20. The first-order chi connectivity index (χ1) is 9.59. The maximum atomic E-state index is 11.0. The number of pyridine rings is 1. The van der Waals surface area contributed by atoms with E-state index in [4.69, 9.17) is 0 Å². The molecule has 0 saturated heterocycles. The van der Waals surface area contributed by atoms with Crippen molar-refractivity contribution in [2.24, 2.45) is 7.05 Å². The number of hydrogen-bond donors (Lipinski definition) is 1. The molecule has 20 heavy (non-hydrogen) atoms. The molecule has 2 rings (SSSR count). The second-order valence-corrected chi connectivity index (χ2v) is 4.41. The van der Waals surface area contributed by atoms with Crippen molar-refractivity contribution in [1.29, 1.82) is 0 Å². The Kier molecular flexibility index (Phi) is 4.24. The molecule has 0 aliphatic rings. The fraction of sp³-hybridized carbons (Fsp3) is 0.417. The summed E-state index contributed by atoms with van der Waals surface area (Å²) in [5.41, 5.74) is 0.631. The number of nitrogens with one attached hydrogen (secondary N) is 1. The molecule has 2 heterocycles. The van der Waals surface area contributed by atoms with Gasteiger partial charge in [-0.3, -0.25) is 14.8 Å². The molecule has 2 aromatic heterocycles. The first-order valence-corrected chi connectivity index (χ1v) is 6.26. The van der Waals surface area contributed by atoms with Gasteiger partial charge in [-0.15, -0.1) is 0 Å². The van der Waals surface area contributed by atoms with Crippen LogP contribution < -0.4 is 5.32 Å². The largest absolute Gasteiger partial charge is 0.364 e. The van der Waals surface area contributed by atoms with Crippen LogP contribution in [-0.4, -0.2) is 31.2 Å². The topological polar surface area (TPSA) is 98.8 Å². The molecule has 0 atom stereocenters. The molecule has 0 spiro atoms. The van der Waals surface area contributed by atoms with E-state index in [0.717, 1.165) is 18.7 Å². The highest BCUT2D eigenvalue weighted by molar-refractivity contribution is 5.59. The highest BCUT2D eigenvalue weighted by Crippen LogP contribution is 2.25. The minimum absolute atomic E-state index is 0.0335. The zero-order valence-electron chi connectivity index (χ0n) is 11.4. The lowest BCUT2D eigenvalue weighted by Crippen LogP contribution is -2.09. The van der Waals surface area contributed by atoms with Crippen molar-refractivity contribution in [3.05, 3.63) is 40.1 Å². The molecule has 8 nitrogen and oxygen atoms in total. The summed E-state index contributed by atoms with van der Waals surface area (Å²) >= 11 is 0. The van der Waals surface area contributed by atoms with E-state index in [0.29, 0.717) is 17.9 Å². The zero-order chi connectivity index (χ0) is 14.5. The lowest BCUT2D eigenvalue weighted by molar-refractivity contribution is -0.384. The molecule has 2 aromatic rings. The Balaban J connectivity index is 1.93. The van der Waals surface area contributed by atoms with Crippen LogP contribution in [0.3, 0.4) is 0 Å². The van der Waals surface area contributed by atoms with Crippen LogP contribution in [0.4, 0.5) is 11.5 Å². The summed E-state index contributed by atoms with van der Waals surface area (Å²) in [6, 6.07) is 1.63. The van der Waals surface area contributed by atoms with Gasteiger partial charge in [0.25, 0.3) is 0 Å². The standard InChI is InChI=1S/C12H16N6O2/c1-9-5-7-14-12(11(9)18(19)20)13-6-3-4-10-15-8-16-17(10)2/h5,7-8H,3-4,6H2,1-2H3,(H,13,14). The lowest BCUT2D eigenvalue weighted by atomic mass is 10.2. The Morgan fingerprint density at radius 1 is 1.45 bits per heavy atom. The fourth-order valence-electron chi connectivity index (χ4n) is 1.91. The first kappa shape index (κ1) is 13.9. The van der Waals surface area contributed by atoms with Crippen molar-refractivity contribution >= 4 is 11.5 Å². The summed E-state index contributed by atoms with van der Waals surface area (Å²) in [7, 11) is 1.84. The first-order valence-electron chi connectivity index (χ1n) is 6.26. The average molecular weight is 276 g/mol. The quantitative estimate of drug-likeness (QED) is 0.487. The molecular formula is C12H16N6O2. The maximum absolute atomic E-state index is 11.0. The molecule has 0 fully saturated rings. The van der Waals surface area contributed by atoms with Gasteiger partial charge >= 0.3 is 5.69 Å². The van der Waals surface area contributed by atoms with E-state index in [2.05, 4.69) is 20.4 Å². The van der Waals surface area contributed by atoms with Gasteiger partial charge in [0.15, 0.2) is 0 Å². The third-order valence-electron chi connectivity index (χ3n) is 2.98. The van der Waals surface area contributed by atoms with Gasteiger partial charge in [-0.25, -0.2) is 9.97 Å². The third-order valence-corrected chi connectivity index (χ3v) is 2.98. The number of hydrogen-bond acceptors (Lipinski definition) is 6. The zero-order valence-corrected chi connectivity index (χ0v) is 11.4. The second kappa shape index (κ2) is 6.09. The van der Waals surface area contributed by atoms with Gasteiger partial charge in [-0.1, -0.05) is 0 Å². The molecule has 0 aliphatic heterocycles. The minimum Gasteiger partial charge on any atom is -0.364 e. The van der Waals surface area contributed by atoms with Gasteiger partial charge in [0.05, 0.1) is 4.92 Å². The summed E-state index contributed by atoms with van der Waals surface area (Å²) < 4.78 is 1.72. The second-order valence-electron chi connectivity index (χ2n) is 4.41. The van der Waals surface area contributed by atoms with Crippen molar-refractivity contribution in [1.82, 2.24) is 19.7 Å². The van der Waals surface area contributed by atoms with E-state index < -0.39 is 4.92 Å². The van der Waals surface area contributed by atoms with E-state index in [1.165, 1.54) is 6.33 Å². The monoisotopic (exact) mass is 276 g/mol.